The van der Waals surface area contributed by atoms with Crippen LogP contribution in [0.3, 0.4) is 0 Å². The number of nitrogens with zero attached hydrogens (tertiary/aromatic N) is 3. The van der Waals surface area contributed by atoms with Gasteiger partial charge in [0.25, 0.3) is 0 Å². The monoisotopic (exact) mass is 697 g/mol. The van der Waals surface area contributed by atoms with Crippen molar-refractivity contribution in [1.82, 2.24) is 35.4 Å². The molecule has 0 bridgehead atoms. The largest absolute Gasteiger partial charge is 0.348 e. The lowest BCUT2D eigenvalue weighted by molar-refractivity contribution is -0.137. The van der Waals surface area contributed by atoms with Crippen LogP contribution < -0.4 is 16.0 Å². The average Bonchev–Trinajstić information content (AvgIpc) is 3.75. The molecule has 0 aliphatic heterocycles. The van der Waals surface area contributed by atoms with Gasteiger partial charge in [-0.2, -0.15) is 0 Å². The number of halogens is 1. The Labute approximate surface area is 296 Å². The normalized spacial score (nSPS) is 12.5. The number of amides is 4. The van der Waals surface area contributed by atoms with Crippen LogP contribution in [0.4, 0.5) is 0 Å². The number of aromatic nitrogens is 3. The van der Waals surface area contributed by atoms with Crippen molar-refractivity contribution in [2.75, 3.05) is 7.05 Å². The molecule has 0 aliphatic rings. The zero-order chi connectivity index (χ0) is 34.8. The first kappa shape index (κ1) is 37.1. The van der Waals surface area contributed by atoms with E-state index < -0.39 is 35.8 Å². The van der Waals surface area contributed by atoms with E-state index in [1.165, 1.54) is 17.8 Å². The highest BCUT2D eigenvalue weighted by Crippen LogP contribution is 2.22. The molecule has 2 heterocycles. The fourth-order valence-corrected chi connectivity index (χ4v) is 5.82. The lowest BCUT2D eigenvalue weighted by atomic mass is 10.0. The second-order valence-electron chi connectivity index (χ2n) is 11.9. The van der Waals surface area contributed by atoms with Gasteiger partial charge in [-0.05, 0) is 22.8 Å². The maximum absolute atomic E-state index is 14.3. The first-order chi connectivity index (χ1) is 23.7. The maximum Gasteiger partial charge on any atom is 0.245 e. The Hall–Kier alpha value is -5.75. The minimum atomic E-state index is -1.18. The molecule has 0 radical (unpaired) electrons. The zero-order valence-corrected chi connectivity index (χ0v) is 28.6. The Morgan fingerprint density at radius 2 is 1.40 bits per heavy atom. The molecular formula is C37H40ClN7O5. The summed E-state index contributed by atoms with van der Waals surface area (Å²) in [6.07, 6.45) is 5.63. The molecule has 5 rings (SSSR count). The Balaban J connectivity index is 0.00000562. The zero-order valence-electron chi connectivity index (χ0n) is 27.7. The van der Waals surface area contributed by atoms with Crippen LogP contribution in [0.1, 0.15) is 29.3 Å². The van der Waals surface area contributed by atoms with E-state index in [0.29, 0.717) is 29.7 Å². The molecule has 5 aromatic rings. The van der Waals surface area contributed by atoms with E-state index in [2.05, 4.69) is 25.9 Å². The molecule has 3 aromatic carbocycles. The number of imidazole rings is 1. The molecule has 0 unspecified atom stereocenters. The summed E-state index contributed by atoms with van der Waals surface area (Å²) in [6, 6.07) is 23.0. The number of carbonyl (C=O) groups is 5. The maximum atomic E-state index is 14.3. The SMILES string of the molecule is CC(=O)N[C@@H](Cc1cnc[nH]1)C(=O)N[C@H](Cc1cn(C=O)c2ccccc12)C(=O)N[C@@H](Cc1ccccc1)C(=O)N(C)Cc1ccccc1.Cl. The van der Waals surface area contributed by atoms with Crippen molar-refractivity contribution < 1.29 is 24.0 Å². The van der Waals surface area contributed by atoms with Crippen molar-refractivity contribution in [2.45, 2.75) is 50.9 Å². The van der Waals surface area contributed by atoms with E-state index in [4.69, 9.17) is 0 Å². The molecule has 0 spiro atoms. The van der Waals surface area contributed by atoms with Crippen molar-refractivity contribution in [1.29, 1.82) is 0 Å². The molecule has 4 N–H and O–H groups in total. The predicted molar refractivity (Wildman–Crippen MR) is 192 cm³/mol. The van der Waals surface area contributed by atoms with Gasteiger partial charge in [-0.3, -0.25) is 28.5 Å². The summed E-state index contributed by atoms with van der Waals surface area (Å²) in [5.41, 5.74) is 3.67. The molecule has 4 amide bonds. The van der Waals surface area contributed by atoms with Crippen LogP contribution in [0.15, 0.2) is 104 Å². The summed E-state index contributed by atoms with van der Waals surface area (Å²) >= 11 is 0. The summed E-state index contributed by atoms with van der Waals surface area (Å²) < 4.78 is 1.42. The van der Waals surface area contributed by atoms with Gasteiger partial charge in [0.05, 0.1) is 11.8 Å². The highest BCUT2D eigenvalue weighted by atomic mass is 35.5. The number of hydrogen-bond acceptors (Lipinski definition) is 6. The third-order valence-corrected chi connectivity index (χ3v) is 8.20. The Morgan fingerprint density at radius 1 is 0.800 bits per heavy atom. The number of H-pyrrole nitrogens is 1. The van der Waals surface area contributed by atoms with Gasteiger partial charge in [-0.25, -0.2) is 4.98 Å². The molecule has 50 heavy (non-hydrogen) atoms. The van der Waals surface area contributed by atoms with Crippen LogP contribution in [0.25, 0.3) is 10.9 Å². The lowest BCUT2D eigenvalue weighted by Crippen LogP contribution is -2.58. The molecule has 0 saturated carbocycles. The Bertz CT molecular complexity index is 1900. The summed E-state index contributed by atoms with van der Waals surface area (Å²) in [4.78, 5) is 74.5. The van der Waals surface area contributed by atoms with Gasteiger partial charge in [-0.15, -0.1) is 12.4 Å². The number of fused-ring (bicyclic) bond motifs is 1. The van der Waals surface area contributed by atoms with Crippen LogP contribution in [-0.2, 0) is 49.8 Å². The van der Waals surface area contributed by atoms with E-state index in [9.17, 15) is 24.0 Å². The topological polar surface area (TPSA) is 158 Å². The van der Waals surface area contributed by atoms with Crippen LogP contribution in [-0.4, -0.2) is 74.6 Å². The number of hydrogen-bond donors (Lipinski definition) is 4. The van der Waals surface area contributed by atoms with E-state index >= 15 is 0 Å². The number of para-hydroxylation sites is 1. The van der Waals surface area contributed by atoms with E-state index in [-0.39, 0.29) is 37.6 Å². The number of aromatic amines is 1. The fourth-order valence-electron chi connectivity index (χ4n) is 5.82. The molecule has 260 valence electrons. The fraction of sp³-hybridized carbons (Fsp3) is 0.243. The summed E-state index contributed by atoms with van der Waals surface area (Å²) in [6.45, 7) is 1.63. The minimum Gasteiger partial charge on any atom is -0.348 e. The number of rotatable bonds is 15. The summed E-state index contributed by atoms with van der Waals surface area (Å²) in [5.74, 6) is -1.93. The Morgan fingerprint density at radius 3 is 2.02 bits per heavy atom. The Kier molecular flexibility index (Phi) is 13.0. The molecule has 2 aromatic heterocycles. The minimum absolute atomic E-state index is 0. The lowest BCUT2D eigenvalue weighted by Gasteiger charge is -2.28. The first-order valence-corrected chi connectivity index (χ1v) is 15.9. The molecule has 0 fully saturated rings. The summed E-state index contributed by atoms with van der Waals surface area (Å²) in [7, 11) is 1.68. The number of nitrogens with one attached hydrogen (secondary N) is 4. The van der Waals surface area contributed by atoms with Crippen molar-refractivity contribution in [3.63, 3.8) is 0 Å². The van der Waals surface area contributed by atoms with Gasteiger partial charge in [0.15, 0.2) is 0 Å². The van der Waals surface area contributed by atoms with Crippen LogP contribution >= 0.6 is 12.4 Å². The third-order valence-electron chi connectivity index (χ3n) is 8.20. The smallest absolute Gasteiger partial charge is 0.245 e. The number of benzene rings is 3. The van der Waals surface area contributed by atoms with Crippen molar-refractivity contribution in [2.24, 2.45) is 0 Å². The highest BCUT2D eigenvalue weighted by Gasteiger charge is 2.32. The van der Waals surface area contributed by atoms with E-state index in [0.717, 1.165) is 16.5 Å². The number of carbonyl (C=O) groups excluding carboxylic acids is 5. The standard InChI is InChI=1S/C37H39N7O5.ClH/c1-25(46)40-32(19-29-20-38-23-39-29)36(48)41-31(18-28-22-44(24-45)34-16-10-9-15-30(28)34)35(47)42-33(17-26-11-5-3-6-12-26)37(49)43(2)21-27-13-7-4-8-14-27;/h3-16,20,22-24,31-33H,17-19,21H2,1-2H3,(H,38,39)(H,40,46)(H,41,48)(H,42,47);1H/t31-,32+,33+;/m1./s1. The third kappa shape index (κ3) is 9.66. The molecular weight excluding hydrogens is 658 g/mol. The van der Waals surface area contributed by atoms with Crippen LogP contribution in [0, 0.1) is 0 Å². The van der Waals surface area contributed by atoms with Crippen molar-refractivity contribution >= 4 is 53.3 Å². The van der Waals surface area contributed by atoms with Gasteiger partial charge in [0.2, 0.25) is 30.0 Å². The van der Waals surface area contributed by atoms with Crippen LogP contribution in [0.2, 0.25) is 0 Å². The van der Waals surface area contributed by atoms with Gasteiger partial charge in [0, 0.05) is 63.3 Å². The molecule has 3 atom stereocenters. The van der Waals surface area contributed by atoms with E-state index in [1.54, 1.807) is 36.5 Å². The quantitative estimate of drug-likeness (QED) is 0.123. The second-order valence-corrected chi connectivity index (χ2v) is 11.9. The average molecular weight is 698 g/mol. The highest BCUT2D eigenvalue weighted by molar-refractivity contribution is 5.95. The van der Waals surface area contributed by atoms with Crippen LogP contribution in [0.5, 0.6) is 0 Å². The second kappa shape index (κ2) is 17.6. The van der Waals surface area contributed by atoms with E-state index in [1.807, 2.05) is 72.8 Å². The first-order valence-electron chi connectivity index (χ1n) is 15.9. The molecule has 0 saturated heterocycles. The molecule has 0 aliphatic carbocycles. The molecule has 13 heteroatoms. The predicted octanol–water partition coefficient (Wildman–Crippen LogP) is 2.99. The van der Waals surface area contributed by atoms with Crippen molar-refractivity contribution in [3.8, 4) is 0 Å². The molecule has 12 nitrogen and oxygen atoms in total. The summed E-state index contributed by atoms with van der Waals surface area (Å²) in [5, 5.41) is 9.15. The van der Waals surface area contributed by atoms with Gasteiger partial charge < -0.3 is 25.8 Å². The van der Waals surface area contributed by atoms with Gasteiger partial charge in [0.1, 0.15) is 18.1 Å². The number of likely N-dealkylation sites (N-methyl/N-ethyl adjacent to an activating group) is 1. The van der Waals surface area contributed by atoms with Crippen molar-refractivity contribution in [3.05, 3.63) is 126 Å². The van der Waals surface area contributed by atoms with Gasteiger partial charge in [-0.1, -0.05) is 78.9 Å². The van der Waals surface area contributed by atoms with Gasteiger partial charge >= 0.3 is 0 Å².